The number of methoxy groups -OCH3 is 1. The van der Waals surface area contributed by atoms with Gasteiger partial charge in [0.1, 0.15) is 0 Å². The van der Waals surface area contributed by atoms with E-state index < -0.39 is 0 Å². The molecule has 1 fully saturated rings. The number of likely N-dealkylation sites (tertiary alicyclic amines) is 1. The monoisotopic (exact) mass is 319 g/mol. The Morgan fingerprint density at radius 1 is 1.48 bits per heavy atom. The molecule has 0 radical (unpaired) electrons. The van der Waals surface area contributed by atoms with Crippen LogP contribution in [0.5, 0.6) is 11.5 Å². The van der Waals surface area contributed by atoms with Crippen molar-refractivity contribution in [2.75, 3.05) is 33.3 Å². The van der Waals surface area contributed by atoms with Crippen molar-refractivity contribution in [2.45, 2.75) is 33.1 Å². The number of piperidine rings is 1. The summed E-state index contributed by atoms with van der Waals surface area (Å²) in [5.74, 6) is 2.45. The molecule has 1 aromatic rings. The van der Waals surface area contributed by atoms with Gasteiger partial charge in [0, 0.05) is 26.2 Å². The molecule has 2 N–H and O–H groups in total. The Balaban J connectivity index is 2.00. The number of nitrogens with one attached hydrogen (secondary N) is 1. The van der Waals surface area contributed by atoms with Crippen LogP contribution in [0.1, 0.15) is 32.3 Å². The van der Waals surface area contributed by atoms with Crippen molar-refractivity contribution < 1.29 is 9.84 Å². The SMILES string of the molecule is CCNC(=NCCc1cccc(OC)c1O)N1CCCC(C)C1. The molecule has 5 heteroatoms. The lowest BCUT2D eigenvalue weighted by Gasteiger charge is -2.33. The normalized spacial score (nSPS) is 18.8. The third-order valence-corrected chi connectivity index (χ3v) is 4.24. The van der Waals surface area contributed by atoms with E-state index in [2.05, 4.69) is 24.1 Å². The second-order valence-corrected chi connectivity index (χ2v) is 6.15. The van der Waals surface area contributed by atoms with E-state index in [4.69, 9.17) is 9.73 Å². The molecule has 0 amide bonds. The van der Waals surface area contributed by atoms with Crippen molar-refractivity contribution in [1.82, 2.24) is 10.2 Å². The number of guanidine groups is 1. The minimum Gasteiger partial charge on any atom is -0.504 e. The predicted octanol–water partition coefficient (Wildman–Crippen LogP) is 2.64. The Kier molecular flexibility index (Phi) is 6.56. The average molecular weight is 319 g/mol. The fourth-order valence-corrected chi connectivity index (χ4v) is 3.02. The van der Waals surface area contributed by atoms with Crippen molar-refractivity contribution in [1.29, 1.82) is 0 Å². The molecule has 0 aliphatic carbocycles. The fraction of sp³-hybridized carbons (Fsp3) is 0.611. The number of phenols is 1. The van der Waals surface area contributed by atoms with E-state index in [1.165, 1.54) is 12.8 Å². The topological polar surface area (TPSA) is 57.1 Å². The first kappa shape index (κ1) is 17.4. The molecule has 0 spiro atoms. The van der Waals surface area contributed by atoms with Crippen molar-refractivity contribution in [3.8, 4) is 11.5 Å². The molecule has 0 saturated carbocycles. The molecular weight excluding hydrogens is 290 g/mol. The second kappa shape index (κ2) is 8.65. The van der Waals surface area contributed by atoms with E-state index in [9.17, 15) is 5.11 Å². The summed E-state index contributed by atoms with van der Waals surface area (Å²) in [4.78, 5) is 7.09. The number of rotatable bonds is 5. The zero-order chi connectivity index (χ0) is 16.7. The molecule has 5 nitrogen and oxygen atoms in total. The average Bonchev–Trinajstić information content (AvgIpc) is 2.55. The van der Waals surface area contributed by atoms with Gasteiger partial charge in [-0.25, -0.2) is 0 Å². The highest BCUT2D eigenvalue weighted by Gasteiger charge is 2.19. The molecule has 1 aliphatic heterocycles. The van der Waals surface area contributed by atoms with Crippen LogP contribution < -0.4 is 10.1 Å². The molecule has 0 aromatic heterocycles. The smallest absolute Gasteiger partial charge is 0.193 e. The zero-order valence-electron chi connectivity index (χ0n) is 14.5. The van der Waals surface area contributed by atoms with Crippen LogP contribution in [0.25, 0.3) is 0 Å². The fourth-order valence-electron chi connectivity index (χ4n) is 3.02. The van der Waals surface area contributed by atoms with Gasteiger partial charge in [-0.3, -0.25) is 4.99 Å². The second-order valence-electron chi connectivity index (χ2n) is 6.15. The highest BCUT2D eigenvalue weighted by molar-refractivity contribution is 5.80. The lowest BCUT2D eigenvalue weighted by molar-refractivity contribution is 0.266. The summed E-state index contributed by atoms with van der Waals surface area (Å²) in [6, 6.07) is 5.58. The van der Waals surface area contributed by atoms with E-state index in [1.807, 2.05) is 12.1 Å². The van der Waals surface area contributed by atoms with Crippen LogP contribution in [0.3, 0.4) is 0 Å². The Labute approximate surface area is 139 Å². The summed E-state index contributed by atoms with van der Waals surface area (Å²) in [5.41, 5.74) is 0.871. The molecule has 1 heterocycles. The van der Waals surface area contributed by atoms with Gasteiger partial charge in [-0.15, -0.1) is 0 Å². The lowest BCUT2D eigenvalue weighted by atomic mass is 10.0. The number of para-hydroxylation sites is 1. The number of phenolic OH excluding ortho intramolecular Hbond substituents is 1. The van der Waals surface area contributed by atoms with Crippen LogP contribution in [-0.4, -0.2) is 49.3 Å². The number of hydrogen-bond donors (Lipinski definition) is 2. The molecular formula is C18H29N3O2. The third-order valence-electron chi connectivity index (χ3n) is 4.24. The van der Waals surface area contributed by atoms with Crippen LogP contribution in [-0.2, 0) is 6.42 Å². The molecule has 0 bridgehead atoms. The Hall–Kier alpha value is -1.91. The summed E-state index contributed by atoms with van der Waals surface area (Å²) < 4.78 is 5.15. The third kappa shape index (κ3) is 4.78. The highest BCUT2D eigenvalue weighted by atomic mass is 16.5. The summed E-state index contributed by atoms with van der Waals surface area (Å²) >= 11 is 0. The van der Waals surface area contributed by atoms with Crippen LogP contribution in [0.15, 0.2) is 23.2 Å². The lowest BCUT2D eigenvalue weighted by Crippen LogP contribution is -2.46. The first-order chi connectivity index (χ1) is 11.2. The highest BCUT2D eigenvalue weighted by Crippen LogP contribution is 2.29. The first-order valence-corrected chi connectivity index (χ1v) is 8.53. The van der Waals surface area contributed by atoms with Gasteiger partial charge in [0.15, 0.2) is 17.5 Å². The number of aliphatic imine (C=N–C) groups is 1. The predicted molar refractivity (Wildman–Crippen MR) is 94.3 cm³/mol. The maximum atomic E-state index is 10.1. The number of hydrogen-bond acceptors (Lipinski definition) is 3. The van der Waals surface area contributed by atoms with Gasteiger partial charge in [-0.2, -0.15) is 0 Å². The van der Waals surface area contributed by atoms with E-state index in [-0.39, 0.29) is 5.75 Å². The van der Waals surface area contributed by atoms with Crippen LogP contribution in [0, 0.1) is 5.92 Å². The minimum atomic E-state index is 0.224. The number of benzene rings is 1. The van der Waals surface area contributed by atoms with E-state index in [1.54, 1.807) is 13.2 Å². The summed E-state index contributed by atoms with van der Waals surface area (Å²) in [6.45, 7) is 8.04. The van der Waals surface area contributed by atoms with Gasteiger partial charge in [0.2, 0.25) is 0 Å². The zero-order valence-corrected chi connectivity index (χ0v) is 14.5. The minimum absolute atomic E-state index is 0.224. The molecule has 1 aromatic carbocycles. The van der Waals surface area contributed by atoms with Crippen molar-refractivity contribution in [3.63, 3.8) is 0 Å². The van der Waals surface area contributed by atoms with Crippen molar-refractivity contribution in [3.05, 3.63) is 23.8 Å². The Bertz CT molecular complexity index is 531. The van der Waals surface area contributed by atoms with Gasteiger partial charge < -0.3 is 20.1 Å². The summed E-state index contributed by atoms with van der Waals surface area (Å²) in [7, 11) is 1.57. The number of nitrogens with zero attached hydrogens (tertiary/aromatic N) is 2. The molecule has 1 atom stereocenters. The number of ether oxygens (including phenoxy) is 1. The Morgan fingerprint density at radius 3 is 3.00 bits per heavy atom. The van der Waals surface area contributed by atoms with Gasteiger partial charge in [0.05, 0.1) is 7.11 Å². The molecule has 1 aliphatic rings. The maximum absolute atomic E-state index is 10.1. The van der Waals surface area contributed by atoms with Gasteiger partial charge >= 0.3 is 0 Å². The van der Waals surface area contributed by atoms with Crippen molar-refractivity contribution in [2.24, 2.45) is 10.9 Å². The van der Waals surface area contributed by atoms with Gasteiger partial charge in [0.25, 0.3) is 0 Å². The maximum Gasteiger partial charge on any atom is 0.193 e. The van der Waals surface area contributed by atoms with Gasteiger partial charge in [-0.1, -0.05) is 19.1 Å². The van der Waals surface area contributed by atoms with Gasteiger partial charge in [-0.05, 0) is 43.7 Å². The first-order valence-electron chi connectivity index (χ1n) is 8.53. The molecule has 23 heavy (non-hydrogen) atoms. The molecule has 1 saturated heterocycles. The van der Waals surface area contributed by atoms with E-state index >= 15 is 0 Å². The van der Waals surface area contributed by atoms with Crippen LogP contribution in [0.2, 0.25) is 0 Å². The molecule has 128 valence electrons. The summed E-state index contributed by atoms with van der Waals surface area (Å²) in [5, 5.41) is 13.5. The Morgan fingerprint density at radius 2 is 2.30 bits per heavy atom. The van der Waals surface area contributed by atoms with E-state index in [0.29, 0.717) is 18.7 Å². The van der Waals surface area contributed by atoms with Crippen LogP contribution in [0.4, 0.5) is 0 Å². The summed E-state index contributed by atoms with van der Waals surface area (Å²) in [6.07, 6.45) is 3.22. The van der Waals surface area contributed by atoms with Crippen molar-refractivity contribution >= 4 is 5.96 Å². The van der Waals surface area contributed by atoms with E-state index in [0.717, 1.165) is 37.1 Å². The standard InChI is InChI=1S/C18H29N3O2/c1-4-19-18(21-12-6-7-14(2)13-21)20-11-10-15-8-5-9-16(23-3)17(15)22/h5,8-9,14,22H,4,6-7,10-13H2,1-3H3,(H,19,20). The molecule has 2 rings (SSSR count). The quantitative estimate of drug-likeness (QED) is 0.647. The molecule has 1 unspecified atom stereocenters. The van der Waals surface area contributed by atoms with Crippen LogP contribution >= 0.6 is 0 Å². The number of aromatic hydroxyl groups is 1. The largest absolute Gasteiger partial charge is 0.504 e.